The molecule has 0 saturated heterocycles. The summed E-state index contributed by atoms with van der Waals surface area (Å²) in [6, 6.07) is 0. The summed E-state index contributed by atoms with van der Waals surface area (Å²) < 4.78 is 4.89. The number of fused-ring (bicyclic) bond motifs is 2. The summed E-state index contributed by atoms with van der Waals surface area (Å²) in [5.41, 5.74) is -1.17. The van der Waals surface area contributed by atoms with Crippen LogP contribution >= 0.6 is 0 Å². The number of hydrogen-bond acceptors (Lipinski definition) is 3. The lowest BCUT2D eigenvalue weighted by molar-refractivity contribution is -0.158. The highest BCUT2D eigenvalue weighted by atomic mass is 16.5. The van der Waals surface area contributed by atoms with Crippen molar-refractivity contribution in [3.05, 3.63) is 0 Å². The van der Waals surface area contributed by atoms with E-state index in [1.54, 1.807) is 0 Å². The van der Waals surface area contributed by atoms with Gasteiger partial charge in [-0.15, -0.1) is 0 Å². The van der Waals surface area contributed by atoms with Crippen LogP contribution in [0.15, 0.2) is 0 Å². The first-order valence-electron chi connectivity index (χ1n) is 5.43. The molecule has 0 aromatic rings. The van der Waals surface area contributed by atoms with Crippen LogP contribution in [0, 0.1) is 16.2 Å². The van der Waals surface area contributed by atoms with Crippen molar-refractivity contribution in [2.24, 2.45) is 16.2 Å². The minimum absolute atomic E-state index is 0.206. The summed E-state index contributed by atoms with van der Waals surface area (Å²) in [7, 11) is 1.41. The number of carbonyl (C=O) groups excluding carboxylic acids is 2. The van der Waals surface area contributed by atoms with Crippen molar-refractivity contribution in [1.82, 2.24) is 0 Å². The van der Waals surface area contributed by atoms with Gasteiger partial charge in [0.15, 0.2) is 0 Å². The van der Waals surface area contributed by atoms with Crippen LogP contribution in [0.4, 0.5) is 0 Å². The van der Waals surface area contributed by atoms with Gasteiger partial charge >= 0.3 is 5.97 Å². The fraction of sp³-hybridized carbons (Fsp3) is 0.833. The van der Waals surface area contributed by atoms with Gasteiger partial charge in [0.25, 0.3) is 0 Å². The molecule has 0 aliphatic heterocycles. The highest BCUT2D eigenvalue weighted by Crippen LogP contribution is 2.70. The zero-order valence-corrected chi connectivity index (χ0v) is 9.85. The third kappa shape index (κ3) is 0.876. The Morgan fingerprint density at radius 1 is 1.27 bits per heavy atom. The number of Topliss-reactive ketones (excluding diaryl/α,β-unsaturated/α-hetero) is 1. The molecular weight excluding hydrogens is 192 g/mol. The molecule has 0 radical (unpaired) electrons. The van der Waals surface area contributed by atoms with E-state index in [0.29, 0.717) is 6.42 Å². The molecule has 2 saturated carbocycles. The van der Waals surface area contributed by atoms with Gasteiger partial charge in [-0.1, -0.05) is 20.8 Å². The van der Waals surface area contributed by atoms with Crippen LogP contribution in [0.5, 0.6) is 0 Å². The molecule has 2 bridgehead atoms. The number of methoxy groups -OCH3 is 1. The number of ketones is 1. The summed E-state index contributed by atoms with van der Waals surface area (Å²) in [6.45, 7) is 6.05. The number of hydrogen-bond donors (Lipinski definition) is 0. The quantitative estimate of drug-likeness (QED) is 0.621. The van der Waals surface area contributed by atoms with Crippen LogP contribution < -0.4 is 0 Å². The number of carbonyl (C=O) groups is 2. The monoisotopic (exact) mass is 210 g/mol. The molecule has 3 nitrogen and oxygen atoms in total. The molecule has 3 heteroatoms. The second-order valence-electron chi connectivity index (χ2n) is 5.63. The largest absolute Gasteiger partial charge is 0.469 e. The van der Waals surface area contributed by atoms with Crippen molar-refractivity contribution in [2.75, 3.05) is 7.11 Å². The molecule has 2 fully saturated rings. The van der Waals surface area contributed by atoms with E-state index in [1.807, 2.05) is 20.8 Å². The molecule has 15 heavy (non-hydrogen) atoms. The topological polar surface area (TPSA) is 43.4 Å². The number of ether oxygens (including phenoxy) is 1. The smallest absolute Gasteiger partial charge is 0.312 e. The maximum Gasteiger partial charge on any atom is 0.312 e. The summed E-state index contributed by atoms with van der Waals surface area (Å²) in [4.78, 5) is 23.9. The third-order valence-electron chi connectivity index (χ3n) is 5.28. The van der Waals surface area contributed by atoms with E-state index in [1.165, 1.54) is 7.11 Å². The Kier molecular flexibility index (Phi) is 1.87. The zero-order chi connectivity index (χ0) is 11.5. The average molecular weight is 210 g/mol. The fourth-order valence-corrected chi connectivity index (χ4v) is 3.51. The molecule has 2 aliphatic carbocycles. The maximum absolute atomic E-state index is 12.0. The van der Waals surface area contributed by atoms with Gasteiger partial charge in [0, 0.05) is 11.8 Å². The van der Waals surface area contributed by atoms with Gasteiger partial charge in [0.1, 0.15) is 5.78 Å². The van der Waals surface area contributed by atoms with Gasteiger partial charge in [0.05, 0.1) is 12.5 Å². The van der Waals surface area contributed by atoms with E-state index in [9.17, 15) is 9.59 Å². The van der Waals surface area contributed by atoms with E-state index in [0.717, 1.165) is 12.8 Å². The zero-order valence-electron chi connectivity index (χ0n) is 9.85. The first-order valence-corrected chi connectivity index (χ1v) is 5.43. The summed E-state index contributed by atoms with van der Waals surface area (Å²) in [6.07, 6.45) is 1.96. The van der Waals surface area contributed by atoms with E-state index in [2.05, 4.69) is 0 Å². The SMILES string of the molecule is COC(=O)C12CCC(C)(C(=O)C1)C2(C)C. The average Bonchev–Trinajstić information content (AvgIpc) is 2.47. The molecule has 0 heterocycles. The molecule has 0 amide bonds. The maximum atomic E-state index is 12.0. The van der Waals surface area contributed by atoms with Gasteiger partial charge in [-0.05, 0) is 18.3 Å². The molecule has 2 unspecified atom stereocenters. The molecular formula is C12H18O3. The van der Waals surface area contributed by atoms with Crippen LogP contribution in [0.1, 0.15) is 40.0 Å². The van der Waals surface area contributed by atoms with Crippen molar-refractivity contribution in [3.63, 3.8) is 0 Å². The second kappa shape index (κ2) is 2.63. The Morgan fingerprint density at radius 3 is 2.20 bits per heavy atom. The standard InChI is InChI=1S/C12H18O3/c1-10(2)11(3)5-6-12(10,7-8(11)13)9(14)15-4/h5-7H2,1-4H3. The fourth-order valence-electron chi connectivity index (χ4n) is 3.51. The van der Waals surface area contributed by atoms with E-state index in [-0.39, 0.29) is 22.6 Å². The Balaban J connectivity index is 2.54. The van der Waals surface area contributed by atoms with Gasteiger partial charge in [0.2, 0.25) is 0 Å². The molecule has 0 N–H and O–H groups in total. The Morgan fingerprint density at radius 2 is 1.87 bits per heavy atom. The van der Waals surface area contributed by atoms with E-state index >= 15 is 0 Å². The minimum Gasteiger partial charge on any atom is -0.469 e. The highest BCUT2D eigenvalue weighted by Gasteiger charge is 2.73. The molecule has 2 aliphatic rings. The van der Waals surface area contributed by atoms with Gasteiger partial charge < -0.3 is 4.74 Å². The molecule has 0 aromatic heterocycles. The second-order valence-corrected chi connectivity index (χ2v) is 5.63. The summed E-state index contributed by atoms with van der Waals surface area (Å²) >= 11 is 0. The Bertz CT molecular complexity index is 345. The number of esters is 1. The number of rotatable bonds is 1. The van der Waals surface area contributed by atoms with E-state index in [4.69, 9.17) is 4.74 Å². The molecule has 2 rings (SSSR count). The lowest BCUT2D eigenvalue weighted by Gasteiger charge is -2.37. The van der Waals surface area contributed by atoms with Crippen molar-refractivity contribution < 1.29 is 14.3 Å². The minimum atomic E-state index is -0.562. The molecule has 84 valence electrons. The predicted octanol–water partition coefficient (Wildman–Crippen LogP) is 1.94. The predicted molar refractivity (Wildman–Crippen MR) is 55.2 cm³/mol. The molecule has 2 atom stereocenters. The first kappa shape index (κ1) is 10.7. The van der Waals surface area contributed by atoms with E-state index < -0.39 is 5.41 Å². The first-order chi connectivity index (χ1) is 6.82. The normalized spacial score (nSPS) is 42.0. The lowest BCUT2D eigenvalue weighted by Crippen LogP contribution is -2.41. The van der Waals surface area contributed by atoms with Gasteiger partial charge in [-0.2, -0.15) is 0 Å². The van der Waals surface area contributed by atoms with Crippen LogP contribution in [0.25, 0.3) is 0 Å². The molecule has 0 aromatic carbocycles. The van der Waals surface area contributed by atoms with Crippen molar-refractivity contribution in [1.29, 1.82) is 0 Å². The highest BCUT2D eigenvalue weighted by molar-refractivity contribution is 5.97. The van der Waals surface area contributed by atoms with Crippen LogP contribution in [0.2, 0.25) is 0 Å². The lowest BCUT2D eigenvalue weighted by atomic mass is 9.65. The van der Waals surface area contributed by atoms with Crippen molar-refractivity contribution in [3.8, 4) is 0 Å². The van der Waals surface area contributed by atoms with Gasteiger partial charge in [-0.3, -0.25) is 9.59 Å². The summed E-state index contributed by atoms with van der Waals surface area (Å²) in [5.74, 6) is 0.0197. The Hall–Kier alpha value is -0.860. The van der Waals surface area contributed by atoms with Crippen LogP contribution in [-0.2, 0) is 14.3 Å². The van der Waals surface area contributed by atoms with Crippen LogP contribution in [0.3, 0.4) is 0 Å². The third-order valence-corrected chi connectivity index (χ3v) is 5.28. The van der Waals surface area contributed by atoms with Crippen molar-refractivity contribution in [2.45, 2.75) is 40.0 Å². The molecule has 0 spiro atoms. The van der Waals surface area contributed by atoms with Crippen LogP contribution in [-0.4, -0.2) is 18.9 Å². The Labute approximate surface area is 90.2 Å². The van der Waals surface area contributed by atoms with Gasteiger partial charge in [-0.25, -0.2) is 0 Å². The summed E-state index contributed by atoms with van der Waals surface area (Å²) in [5, 5.41) is 0. The van der Waals surface area contributed by atoms with Crippen molar-refractivity contribution >= 4 is 11.8 Å².